The van der Waals surface area contributed by atoms with Gasteiger partial charge in [-0.25, -0.2) is 0 Å². The number of hydrogen-bond acceptors (Lipinski definition) is 3. The lowest BCUT2D eigenvalue weighted by atomic mass is 9.98. The Balaban J connectivity index is 0.000000102. The number of aromatic nitrogens is 6. The van der Waals surface area contributed by atoms with E-state index in [0.29, 0.717) is 0 Å². The average molecular weight is 1880 g/mol. The third-order valence-corrected chi connectivity index (χ3v) is 30.3. The Labute approximate surface area is 842 Å². The zero-order chi connectivity index (χ0) is 96.4. The Bertz CT molecular complexity index is 10900. The number of para-hydroxylation sites is 9. The van der Waals surface area contributed by atoms with E-state index in [1.807, 2.05) is 18.2 Å². The predicted octanol–water partition coefficient (Wildman–Crippen LogP) is 37.7. The Hall–Kier alpha value is -19.7. The van der Waals surface area contributed by atoms with E-state index in [9.17, 15) is 0 Å². The maximum absolute atomic E-state index is 6.42. The maximum atomic E-state index is 6.42. The van der Waals surface area contributed by atoms with Crippen LogP contribution >= 0.6 is 0 Å². The fourth-order valence-corrected chi connectivity index (χ4v) is 23.8. The molecule has 9 heterocycles. The van der Waals surface area contributed by atoms with Gasteiger partial charge in [-0.1, -0.05) is 334 Å². The van der Waals surface area contributed by atoms with Crippen LogP contribution in [0.15, 0.2) is 535 Å². The molecule has 0 fully saturated rings. The molecule has 9 aromatic heterocycles. The van der Waals surface area contributed by atoms with Gasteiger partial charge in [0.2, 0.25) is 0 Å². The van der Waals surface area contributed by atoms with Crippen molar-refractivity contribution in [3.63, 3.8) is 0 Å². The summed E-state index contributed by atoms with van der Waals surface area (Å²) in [5.41, 5.74) is 38.3. The van der Waals surface area contributed by atoms with Crippen molar-refractivity contribution in [1.82, 2.24) is 27.4 Å². The molecule has 0 amide bonds. The summed E-state index contributed by atoms with van der Waals surface area (Å²) in [5.74, 6) is 0. The third-order valence-electron chi connectivity index (χ3n) is 30.3. The van der Waals surface area contributed by atoms with Crippen molar-refractivity contribution in [2.24, 2.45) is 0 Å². The lowest BCUT2D eigenvalue weighted by Gasteiger charge is -2.14. The van der Waals surface area contributed by atoms with Gasteiger partial charge in [-0.05, 0) is 244 Å². The van der Waals surface area contributed by atoms with Crippen molar-refractivity contribution < 1.29 is 13.3 Å². The number of rotatable bonds is 11. The average Bonchev–Trinajstić information content (AvgIpc) is 1.55. The summed E-state index contributed by atoms with van der Waals surface area (Å²) < 4.78 is 33.8. The molecule has 686 valence electrons. The molecule has 32 rings (SSSR count). The van der Waals surface area contributed by atoms with Crippen LogP contribution in [0, 0.1) is 0 Å². The molecule has 23 aromatic carbocycles. The SMILES string of the molecule is c1ccc(-c2cc(-c3ccccc3)cc(-n3c4ccccc4c4cc5c6ccc7oc8ccccc8c7c6n(-c6ccccc6)c5cc43)c2)cc1.c1ccc(-c2ccc(-c3cccc(-n4c5ccccc5c5cc6c7ccc8oc9ccccc9c8c7n(-c7ccccc7)c6cc54)c3)cc2)cc1.c1ccc(-c2cccc(-n3c4ccccc4c4cc5c6ccc7oc8ccccc8c7c6n(-c6ccccc6)c5cc43)c2)cc1. The zero-order valence-electron chi connectivity index (χ0n) is 79.6. The van der Waals surface area contributed by atoms with Crippen LogP contribution in [0.25, 0.3) is 286 Å². The fourth-order valence-electron chi connectivity index (χ4n) is 23.8. The van der Waals surface area contributed by atoms with Crippen molar-refractivity contribution in [1.29, 1.82) is 0 Å². The topological polar surface area (TPSA) is 69.0 Å². The van der Waals surface area contributed by atoms with Crippen LogP contribution in [0.4, 0.5) is 0 Å². The highest BCUT2D eigenvalue weighted by Crippen LogP contribution is 2.51. The minimum absolute atomic E-state index is 0.898. The van der Waals surface area contributed by atoms with Gasteiger partial charge in [-0.3, -0.25) is 0 Å². The summed E-state index contributed by atoms with van der Waals surface area (Å²) in [6, 6.07) is 187. The van der Waals surface area contributed by atoms with Gasteiger partial charge in [-0.2, -0.15) is 0 Å². The van der Waals surface area contributed by atoms with Crippen LogP contribution in [-0.4, -0.2) is 27.4 Å². The molecule has 0 aliphatic carbocycles. The van der Waals surface area contributed by atoms with Gasteiger partial charge < -0.3 is 40.7 Å². The smallest absolute Gasteiger partial charge is 0.137 e. The first-order valence-corrected chi connectivity index (χ1v) is 50.2. The Morgan fingerprint density at radius 1 is 0.109 bits per heavy atom. The zero-order valence-corrected chi connectivity index (χ0v) is 79.6. The van der Waals surface area contributed by atoms with Gasteiger partial charge in [0.15, 0.2) is 0 Å². The highest BCUT2D eigenvalue weighted by Gasteiger charge is 2.29. The molecule has 0 saturated carbocycles. The summed E-state index contributed by atoms with van der Waals surface area (Å²) >= 11 is 0. The summed E-state index contributed by atoms with van der Waals surface area (Å²) in [4.78, 5) is 0. The first-order chi connectivity index (χ1) is 72.9. The Kier molecular flexibility index (Phi) is 18.9. The number of benzene rings is 23. The molecule has 32 aromatic rings. The van der Waals surface area contributed by atoms with E-state index in [1.54, 1.807) is 0 Å². The fraction of sp³-hybridized carbons (Fsp3) is 0. The monoisotopic (exact) mass is 1870 g/mol. The number of furan rings is 3. The predicted molar refractivity (Wildman–Crippen MR) is 614 cm³/mol. The molecular weight excluding hydrogens is 1790 g/mol. The molecule has 0 unspecified atom stereocenters. The van der Waals surface area contributed by atoms with Gasteiger partial charge >= 0.3 is 0 Å². The number of nitrogens with zero attached hydrogens (tertiary/aromatic N) is 6. The largest absolute Gasteiger partial charge is 0.456 e. The lowest BCUT2D eigenvalue weighted by molar-refractivity contribution is 0.669. The number of hydrogen-bond donors (Lipinski definition) is 0. The summed E-state index contributed by atoms with van der Waals surface area (Å²) in [5, 5.41) is 21.6. The van der Waals surface area contributed by atoms with Gasteiger partial charge in [0.25, 0.3) is 0 Å². The summed E-state index contributed by atoms with van der Waals surface area (Å²) in [7, 11) is 0. The standard InChI is InChI=1S/2C48H30N2O.C42H26N2O/c1-4-14-31(15-5-1)33-26-34(32-16-6-2-7-17-32)28-36(27-33)49-42-22-12-10-20-37(42)40-29-41-38-24-25-46-47(39-21-11-13-23-45(39)51-46)48(38)50(44(41)30-43(40)49)35-18-8-3-9-19-35;1-3-12-31(13-4-1)32-22-24-33(25-23-32)34-14-11-17-36(28-34)49-42-20-9-7-18-37(42)40-29-41-38-26-27-46-47(39-19-8-10-21-45(39)51-46)48(38)50(44(41)30-43(40)49)35-15-5-2-6-16-35;1-3-12-27(13-4-1)28-14-11-17-30(24-28)43-36-20-9-7-18-31(36)34-25-35-32-22-23-40-41(33-19-8-10-21-39(33)45-40)42(32)44(38(35)26-37(34)43)29-15-5-2-6-16-29/h2*1-30H;1-26H. The first kappa shape index (κ1) is 83.1. The molecule has 9 heteroatoms. The molecular formula is C138H86N6O3. The van der Waals surface area contributed by atoms with Crippen molar-refractivity contribution >= 4 is 197 Å². The molecule has 0 aliphatic rings. The van der Waals surface area contributed by atoms with Crippen molar-refractivity contribution in [2.75, 3.05) is 0 Å². The van der Waals surface area contributed by atoms with Gasteiger partial charge in [-0.15, -0.1) is 0 Å². The Morgan fingerprint density at radius 2 is 0.340 bits per heavy atom. The molecule has 0 radical (unpaired) electrons. The van der Waals surface area contributed by atoms with E-state index in [4.69, 9.17) is 13.3 Å². The molecule has 147 heavy (non-hydrogen) atoms. The molecule has 9 nitrogen and oxygen atoms in total. The van der Waals surface area contributed by atoms with Crippen LogP contribution < -0.4 is 0 Å². The minimum Gasteiger partial charge on any atom is -0.456 e. The molecule has 0 aliphatic heterocycles. The van der Waals surface area contributed by atoms with E-state index in [-0.39, 0.29) is 0 Å². The van der Waals surface area contributed by atoms with Crippen LogP contribution in [0.5, 0.6) is 0 Å². The van der Waals surface area contributed by atoms with Gasteiger partial charge in [0.05, 0.1) is 82.4 Å². The molecule has 0 bridgehead atoms. The minimum atomic E-state index is 0.898. The second kappa shape index (κ2) is 33.5. The molecule has 0 spiro atoms. The summed E-state index contributed by atoms with van der Waals surface area (Å²) in [6.07, 6.45) is 0. The lowest BCUT2D eigenvalue weighted by Crippen LogP contribution is -1.97. The van der Waals surface area contributed by atoms with Gasteiger partial charge in [0.1, 0.15) is 33.5 Å². The molecule has 0 N–H and O–H groups in total. The highest BCUT2D eigenvalue weighted by molar-refractivity contribution is 6.31. The van der Waals surface area contributed by atoms with Crippen LogP contribution in [-0.2, 0) is 0 Å². The Morgan fingerprint density at radius 3 is 0.673 bits per heavy atom. The van der Waals surface area contributed by atoms with Crippen molar-refractivity contribution in [2.45, 2.75) is 0 Å². The molecule has 0 saturated heterocycles. The second-order valence-corrected chi connectivity index (χ2v) is 38.4. The van der Waals surface area contributed by atoms with E-state index in [1.165, 1.54) is 175 Å². The second-order valence-electron chi connectivity index (χ2n) is 38.4. The van der Waals surface area contributed by atoms with E-state index in [2.05, 4.69) is 531 Å². The molecule has 0 atom stereocenters. The van der Waals surface area contributed by atoms with Crippen LogP contribution in [0.3, 0.4) is 0 Å². The summed E-state index contributed by atoms with van der Waals surface area (Å²) in [6.45, 7) is 0. The van der Waals surface area contributed by atoms with Gasteiger partial charge in [0, 0.05) is 115 Å². The third kappa shape index (κ3) is 13.3. The van der Waals surface area contributed by atoms with Crippen molar-refractivity contribution in [3.05, 3.63) is 522 Å². The maximum Gasteiger partial charge on any atom is 0.137 e. The normalized spacial score (nSPS) is 11.9. The van der Waals surface area contributed by atoms with Crippen LogP contribution in [0.2, 0.25) is 0 Å². The quantitative estimate of drug-likeness (QED) is 0.130. The first-order valence-electron chi connectivity index (χ1n) is 50.2. The number of fused-ring (bicyclic) bond motifs is 30. The van der Waals surface area contributed by atoms with Crippen LogP contribution in [0.1, 0.15) is 0 Å². The van der Waals surface area contributed by atoms with E-state index in [0.717, 1.165) is 111 Å². The highest BCUT2D eigenvalue weighted by atomic mass is 16.3. The van der Waals surface area contributed by atoms with Crippen molar-refractivity contribution in [3.8, 4) is 89.8 Å². The van der Waals surface area contributed by atoms with E-state index >= 15 is 0 Å². The van der Waals surface area contributed by atoms with E-state index < -0.39 is 0 Å².